The number of hydrogen-bond donors (Lipinski definition) is 1. The van der Waals surface area contributed by atoms with Crippen molar-refractivity contribution in [1.29, 1.82) is 0 Å². The molecule has 1 saturated heterocycles. The minimum atomic E-state index is -0.396. The fraction of sp³-hybridized carbons (Fsp3) is 0.429. The van der Waals surface area contributed by atoms with Crippen molar-refractivity contribution in [2.75, 3.05) is 11.4 Å². The van der Waals surface area contributed by atoms with Gasteiger partial charge in [0.15, 0.2) is 0 Å². The van der Waals surface area contributed by atoms with E-state index in [-0.39, 0.29) is 18.4 Å². The van der Waals surface area contributed by atoms with Crippen molar-refractivity contribution in [2.45, 2.75) is 33.2 Å². The van der Waals surface area contributed by atoms with Gasteiger partial charge >= 0.3 is 0 Å². The highest BCUT2D eigenvalue weighted by Crippen LogP contribution is 2.23. The van der Waals surface area contributed by atoms with E-state index in [0.29, 0.717) is 6.42 Å². The highest BCUT2D eigenvalue weighted by Gasteiger charge is 2.32. The Morgan fingerprint density at radius 2 is 2.06 bits per heavy atom. The summed E-state index contributed by atoms with van der Waals surface area (Å²) in [5, 5.41) is 2.72. The zero-order chi connectivity index (χ0) is 13.3. The summed E-state index contributed by atoms with van der Waals surface area (Å²) in [6, 6.07) is 5.50. The summed E-state index contributed by atoms with van der Waals surface area (Å²) in [5.41, 5.74) is 3.00. The van der Waals surface area contributed by atoms with E-state index in [1.807, 2.05) is 39.0 Å². The summed E-state index contributed by atoms with van der Waals surface area (Å²) in [7, 11) is 0. The van der Waals surface area contributed by atoms with Crippen LogP contribution in [0.3, 0.4) is 0 Å². The Bertz CT molecular complexity index is 497. The van der Waals surface area contributed by atoms with Gasteiger partial charge < -0.3 is 10.2 Å². The maximum Gasteiger partial charge on any atom is 0.250 e. The number of rotatable bonds is 2. The van der Waals surface area contributed by atoms with Crippen LogP contribution < -0.4 is 10.2 Å². The fourth-order valence-corrected chi connectivity index (χ4v) is 2.30. The molecule has 1 atom stereocenters. The smallest absolute Gasteiger partial charge is 0.250 e. The molecule has 1 N–H and O–H groups in total. The predicted octanol–water partition coefficient (Wildman–Crippen LogP) is 1.54. The van der Waals surface area contributed by atoms with Crippen molar-refractivity contribution in [1.82, 2.24) is 5.32 Å². The molecule has 1 unspecified atom stereocenters. The second-order valence-electron chi connectivity index (χ2n) is 4.74. The first-order chi connectivity index (χ1) is 8.52. The van der Waals surface area contributed by atoms with Crippen LogP contribution in [0.25, 0.3) is 0 Å². The number of amides is 2. The molecule has 1 aromatic rings. The molecule has 1 aromatic carbocycles. The van der Waals surface area contributed by atoms with Crippen LogP contribution in [-0.2, 0) is 9.59 Å². The van der Waals surface area contributed by atoms with E-state index in [1.54, 1.807) is 4.90 Å². The summed E-state index contributed by atoms with van der Waals surface area (Å²) in [6.07, 6.45) is 0.617. The molecule has 0 radical (unpaired) electrons. The minimum Gasteiger partial charge on any atom is -0.343 e. The topological polar surface area (TPSA) is 49.4 Å². The largest absolute Gasteiger partial charge is 0.343 e. The van der Waals surface area contributed by atoms with E-state index in [2.05, 4.69) is 5.32 Å². The van der Waals surface area contributed by atoms with Crippen LogP contribution in [0.5, 0.6) is 0 Å². The van der Waals surface area contributed by atoms with Gasteiger partial charge in [-0.1, -0.05) is 24.6 Å². The van der Waals surface area contributed by atoms with Crippen molar-refractivity contribution in [3.63, 3.8) is 0 Å². The maximum absolute atomic E-state index is 12.3. The molecule has 2 amide bonds. The molecule has 0 bridgehead atoms. The van der Waals surface area contributed by atoms with Crippen molar-refractivity contribution in [3.05, 3.63) is 29.3 Å². The SMILES string of the molecule is CCC1NC(=O)CN(c2ccc(C)cc2C)C1=O. The van der Waals surface area contributed by atoms with E-state index >= 15 is 0 Å². The van der Waals surface area contributed by atoms with Gasteiger partial charge in [0.05, 0.1) is 0 Å². The standard InChI is InChI=1S/C14H18N2O2/c1-4-11-14(18)16(8-13(17)15-11)12-6-5-9(2)7-10(12)3/h5-7,11H,4,8H2,1-3H3,(H,15,17). The van der Waals surface area contributed by atoms with Crippen LogP contribution in [0.1, 0.15) is 24.5 Å². The van der Waals surface area contributed by atoms with Gasteiger partial charge in [-0.05, 0) is 31.9 Å². The lowest BCUT2D eigenvalue weighted by Gasteiger charge is -2.33. The zero-order valence-corrected chi connectivity index (χ0v) is 11.0. The second-order valence-corrected chi connectivity index (χ2v) is 4.74. The molecule has 0 saturated carbocycles. The van der Waals surface area contributed by atoms with Gasteiger partial charge in [-0.3, -0.25) is 9.59 Å². The molecule has 96 valence electrons. The lowest BCUT2D eigenvalue weighted by atomic mass is 10.1. The summed E-state index contributed by atoms with van der Waals surface area (Å²) < 4.78 is 0. The first-order valence-corrected chi connectivity index (χ1v) is 6.21. The molecule has 1 aliphatic rings. The maximum atomic E-state index is 12.3. The van der Waals surface area contributed by atoms with Crippen LogP contribution in [0, 0.1) is 13.8 Å². The molecule has 0 aromatic heterocycles. The van der Waals surface area contributed by atoms with Crippen molar-refractivity contribution in [3.8, 4) is 0 Å². The van der Waals surface area contributed by atoms with Gasteiger partial charge in [0, 0.05) is 5.69 Å². The quantitative estimate of drug-likeness (QED) is 0.860. The minimum absolute atomic E-state index is 0.0240. The fourth-order valence-electron chi connectivity index (χ4n) is 2.30. The third-order valence-corrected chi connectivity index (χ3v) is 3.25. The molecule has 1 aliphatic heterocycles. The summed E-state index contributed by atoms with van der Waals surface area (Å²) in [6.45, 7) is 5.98. The van der Waals surface area contributed by atoms with Crippen LogP contribution in [0.15, 0.2) is 18.2 Å². The second kappa shape index (κ2) is 4.80. The molecular formula is C14H18N2O2. The number of nitrogens with one attached hydrogen (secondary N) is 1. The molecule has 0 spiro atoms. The molecule has 18 heavy (non-hydrogen) atoms. The normalized spacial score (nSPS) is 19.9. The molecule has 4 heteroatoms. The molecule has 2 rings (SSSR count). The van der Waals surface area contributed by atoms with Gasteiger partial charge in [0.1, 0.15) is 12.6 Å². The Morgan fingerprint density at radius 3 is 2.67 bits per heavy atom. The molecule has 0 aliphatic carbocycles. The summed E-state index contributed by atoms with van der Waals surface area (Å²) >= 11 is 0. The number of nitrogens with zero attached hydrogens (tertiary/aromatic N) is 1. The monoisotopic (exact) mass is 246 g/mol. The van der Waals surface area contributed by atoms with E-state index in [1.165, 1.54) is 0 Å². The Hall–Kier alpha value is -1.84. The van der Waals surface area contributed by atoms with Crippen LogP contribution in [0.2, 0.25) is 0 Å². The van der Waals surface area contributed by atoms with Crippen LogP contribution in [-0.4, -0.2) is 24.4 Å². The Morgan fingerprint density at radius 1 is 1.33 bits per heavy atom. The molecule has 1 fully saturated rings. The Labute approximate surface area is 107 Å². The lowest BCUT2D eigenvalue weighted by Crippen LogP contribution is -2.58. The summed E-state index contributed by atoms with van der Waals surface area (Å²) in [4.78, 5) is 25.5. The number of aryl methyl sites for hydroxylation is 2. The number of piperazine rings is 1. The van der Waals surface area contributed by atoms with Crippen molar-refractivity contribution in [2.24, 2.45) is 0 Å². The first kappa shape index (κ1) is 12.6. The van der Waals surface area contributed by atoms with Gasteiger partial charge in [0.2, 0.25) is 11.8 Å². The van der Waals surface area contributed by atoms with Gasteiger partial charge in [-0.25, -0.2) is 0 Å². The summed E-state index contributed by atoms with van der Waals surface area (Å²) in [5.74, 6) is -0.120. The molecule has 4 nitrogen and oxygen atoms in total. The van der Waals surface area contributed by atoms with E-state index in [9.17, 15) is 9.59 Å². The average molecular weight is 246 g/mol. The molecular weight excluding hydrogens is 228 g/mol. The molecule has 1 heterocycles. The van der Waals surface area contributed by atoms with Gasteiger partial charge in [0.25, 0.3) is 0 Å². The van der Waals surface area contributed by atoms with E-state index in [0.717, 1.165) is 16.8 Å². The van der Waals surface area contributed by atoms with Crippen LogP contribution >= 0.6 is 0 Å². The van der Waals surface area contributed by atoms with Gasteiger partial charge in [-0.15, -0.1) is 0 Å². The van der Waals surface area contributed by atoms with Crippen molar-refractivity contribution < 1.29 is 9.59 Å². The number of anilines is 1. The Balaban J connectivity index is 2.36. The third kappa shape index (κ3) is 2.23. The Kier molecular flexibility index (Phi) is 3.36. The van der Waals surface area contributed by atoms with Gasteiger partial charge in [-0.2, -0.15) is 0 Å². The highest BCUT2D eigenvalue weighted by molar-refractivity contribution is 6.06. The number of benzene rings is 1. The zero-order valence-electron chi connectivity index (χ0n) is 11.0. The van der Waals surface area contributed by atoms with Crippen molar-refractivity contribution >= 4 is 17.5 Å². The van der Waals surface area contributed by atoms with E-state index < -0.39 is 6.04 Å². The lowest BCUT2D eigenvalue weighted by molar-refractivity contribution is -0.131. The average Bonchev–Trinajstić information content (AvgIpc) is 2.32. The van der Waals surface area contributed by atoms with E-state index in [4.69, 9.17) is 0 Å². The first-order valence-electron chi connectivity index (χ1n) is 6.21. The number of carbonyl (C=O) groups is 2. The number of hydrogen-bond acceptors (Lipinski definition) is 2. The number of carbonyl (C=O) groups excluding carboxylic acids is 2. The third-order valence-electron chi connectivity index (χ3n) is 3.25. The highest BCUT2D eigenvalue weighted by atomic mass is 16.2. The predicted molar refractivity (Wildman–Crippen MR) is 70.5 cm³/mol. The van der Waals surface area contributed by atoms with Crippen LogP contribution in [0.4, 0.5) is 5.69 Å².